The molecule has 0 N–H and O–H groups in total. The number of fused-ring (bicyclic) bond motifs is 3. The van der Waals surface area contributed by atoms with Crippen molar-refractivity contribution in [2.45, 2.75) is 34.0 Å². The van der Waals surface area contributed by atoms with Crippen LogP contribution < -0.4 is 0 Å². The normalized spacial score (nSPS) is 13.3. The van der Waals surface area contributed by atoms with Gasteiger partial charge in [0.15, 0.2) is 0 Å². The third kappa shape index (κ3) is 7.56. The van der Waals surface area contributed by atoms with Crippen LogP contribution in [0, 0.1) is 47.4 Å². The van der Waals surface area contributed by atoms with E-state index >= 15 is 0 Å². The fraction of sp³-hybridized carbons (Fsp3) is 0.162. The molecule has 0 amide bonds. The molecular weight excluding hydrogens is 717 g/mol. The molecule has 0 aliphatic heterocycles. The van der Waals surface area contributed by atoms with Crippen LogP contribution in [0.1, 0.15) is 44.3 Å². The van der Waals surface area contributed by atoms with Crippen molar-refractivity contribution < 1.29 is 35.7 Å². The van der Waals surface area contributed by atoms with Crippen molar-refractivity contribution in [1.82, 2.24) is 9.97 Å². The van der Waals surface area contributed by atoms with Gasteiger partial charge in [0.1, 0.15) is 0 Å². The average Bonchev–Trinajstić information content (AvgIpc) is 3.03. The maximum Gasteiger partial charge on any atom is 0.0991 e. The summed E-state index contributed by atoms with van der Waals surface area (Å²) in [6.45, 7) is 2.77. The van der Waals surface area contributed by atoms with Crippen molar-refractivity contribution in [1.29, 1.82) is 5.26 Å². The van der Waals surface area contributed by atoms with Gasteiger partial charge in [0.2, 0.25) is 0 Å². The van der Waals surface area contributed by atoms with Gasteiger partial charge < -0.3 is 9.97 Å². The molecule has 3 nitrogen and oxygen atoms in total. The minimum absolute atomic E-state index is 0. The van der Waals surface area contributed by atoms with E-state index in [4.69, 9.17) is 6.85 Å². The zero-order valence-corrected chi connectivity index (χ0v) is 26.0. The molecule has 0 aliphatic rings. The van der Waals surface area contributed by atoms with E-state index in [9.17, 15) is 14.0 Å². The van der Waals surface area contributed by atoms with Gasteiger partial charge in [0.25, 0.3) is 0 Å². The summed E-state index contributed by atoms with van der Waals surface area (Å²) in [6, 6.07) is 29.7. The van der Waals surface area contributed by atoms with Crippen LogP contribution in [0.25, 0.3) is 44.1 Å². The molecule has 0 atom stereocenters. The van der Waals surface area contributed by atoms with Gasteiger partial charge in [-0.25, -0.2) is 0 Å². The number of rotatable bonds is 3. The molecule has 6 heteroatoms. The molecule has 0 fully saturated rings. The number of aryl methyl sites for hydroxylation is 1. The number of nitrogens with zero attached hydrogens (tertiary/aromatic N) is 3. The Morgan fingerprint density at radius 1 is 0.907 bits per heavy atom. The van der Waals surface area contributed by atoms with Crippen molar-refractivity contribution >= 4 is 21.5 Å². The van der Waals surface area contributed by atoms with E-state index in [-0.39, 0.29) is 36.8 Å². The molecule has 1 radical (unpaired) electrons. The zero-order valence-electron chi connectivity index (χ0n) is 28.6. The van der Waals surface area contributed by atoms with Gasteiger partial charge >= 0.3 is 0 Å². The van der Waals surface area contributed by atoms with E-state index < -0.39 is 30.3 Å². The third-order valence-corrected chi connectivity index (χ3v) is 6.36. The molecule has 4 aromatic carbocycles. The van der Waals surface area contributed by atoms with Crippen molar-refractivity contribution in [2.75, 3.05) is 0 Å². The van der Waals surface area contributed by atoms with Gasteiger partial charge in [0.05, 0.1) is 11.6 Å². The summed E-state index contributed by atoms with van der Waals surface area (Å²) in [6.07, 6.45) is 0.916. The Labute approximate surface area is 271 Å². The maximum absolute atomic E-state index is 13.2. The molecule has 6 aromatic rings. The number of aromatic nitrogens is 2. The summed E-state index contributed by atoms with van der Waals surface area (Å²) in [7, 11) is 0. The monoisotopic (exact) mass is 751 g/mol. The van der Waals surface area contributed by atoms with Gasteiger partial charge in [-0.2, -0.15) is 5.26 Å². The number of pyridine rings is 2. The SMILES string of the molecule is Fc1c[c-]c(-c2ccccn2)c(F)c1.[2H]C([2H])([2H])c1cnc(-c2[c-]cc3ccc4cc(C#N)ccc4c3c2)cc1C([2H])([2H])C(C)(C)C.[Ir]. The van der Waals surface area contributed by atoms with E-state index in [1.165, 1.54) is 6.20 Å². The summed E-state index contributed by atoms with van der Waals surface area (Å²) in [5.41, 5.74) is 1.53. The quantitative estimate of drug-likeness (QED) is 0.134. The molecule has 0 saturated carbocycles. The van der Waals surface area contributed by atoms with Crippen molar-refractivity contribution in [3.63, 3.8) is 0 Å². The second kappa shape index (κ2) is 13.3. The first-order valence-corrected chi connectivity index (χ1v) is 13.2. The Morgan fingerprint density at radius 2 is 1.72 bits per heavy atom. The first-order valence-electron chi connectivity index (χ1n) is 15.7. The van der Waals surface area contributed by atoms with E-state index in [1.807, 2.05) is 36.4 Å². The van der Waals surface area contributed by atoms with Crippen LogP contribution in [0.4, 0.5) is 8.78 Å². The number of nitriles is 1. The Balaban J connectivity index is 0.000000290. The van der Waals surface area contributed by atoms with Gasteiger partial charge in [-0.3, -0.25) is 8.78 Å². The van der Waals surface area contributed by atoms with Gasteiger partial charge in [-0.15, -0.1) is 35.9 Å². The van der Waals surface area contributed by atoms with Gasteiger partial charge in [-0.1, -0.05) is 85.1 Å². The molecular formula is C37H29F2IrN3-2. The van der Waals surface area contributed by atoms with Crippen LogP contribution in [-0.4, -0.2) is 9.97 Å². The van der Waals surface area contributed by atoms with Crippen molar-refractivity contribution in [3.8, 4) is 28.6 Å². The predicted molar refractivity (Wildman–Crippen MR) is 165 cm³/mol. The average molecular weight is 751 g/mol. The fourth-order valence-electron chi connectivity index (χ4n) is 4.48. The van der Waals surface area contributed by atoms with E-state index in [0.29, 0.717) is 22.5 Å². The molecule has 0 bridgehead atoms. The van der Waals surface area contributed by atoms with Crippen molar-refractivity contribution in [3.05, 3.63) is 132 Å². The van der Waals surface area contributed by atoms with E-state index in [1.54, 1.807) is 57.3 Å². The van der Waals surface area contributed by atoms with Gasteiger partial charge in [0, 0.05) is 51.0 Å². The van der Waals surface area contributed by atoms with Crippen LogP contribution in [0.15, 0.2) is 91.3 Å². The molecule has 217 valence electrons. The van der Waals surface area contributed by atoms with Gasteiger partial charge in [-0.05, 0) is 64.6 Å². The molecule has 43 heavy (non-hydrogen) atoms. The fourth-order valence-corrected chi connectivity index (χ4v) is 4.48. The first-order chi connectivity index (χ1) is 22.1. The van der Waals surface area contributed by atoms with Crippen LogP contribution in [0.5, 0.6) is 0 Å². The summed E-state index contributed by atoms with van der Waals surface area (Å²) in [4.78, 5) is 8.33. The maximum atomic E-state index is 13.2. The summed E-state index contributed by atoms with van der Waals surface area (Å²) in [5.74, 6) is -1.29. The second-order valence-corrected chi connectivity index (χ2v) is 10.7. The Kier molecular flexibility index (Phi) is 7.82. The molecule has 0 aliphatic carbocycles. The minimum Gasteiger partial charge on any atom is -0.305 e. The number of hydrogen-bond acceptors (Lipinski definition) is 3. The van der Waals surface area contributed by atoms with Crippen LogP contribution in [0.2, 0.25) is 0 Å². The summed E-state index contributed by atoms with van der Waals surface area (Å²) in [5, 5.41) is 13.0. The van der Waals surface area contributed by atoms with E-state index in [2.05, 4.69) is 28.2 Å². The number of halogens is 2. The number of benzene rings is 4. The molecule has 0 saturated heterocycles. The number of hydrogen-bond donors (Lipinski definition) is 0. The second-order valence-electron chi connectivity index (χ2n) is 10.7. The molecule has 6 rings (SSSR count). The van der Waals surface area contributed by atoms with Crippen LogP contribution in [-0.2, 0) is 26.5 Å². The summed E-state index contributed by atoms with van der Waals surface area (Å²) >= 11 is 0. The molecule has 0 spiro atoms. The first kappa shape index (κ1) is 25.2. The van der Waals surface area contributed by atoms with E-state index in [0.717, 1.165) is 33.7 Å². The zero-order chi connectivity index (χ0) is 34.1. The van der Waals surface area contributed by atoms with Crippen molar-refractivity contribution in [2.24, 2.45) is 5.41 Å². The minimum atomic E-state index is -2.48. The van der Waals surface area contributed by atoms with Crippen LogP contribution in [0.3, 0.4) is 0 Å². The third-order valence-electron chi connectivity index (χ3n) is 6.36. The topological polar surface area (TPSA) is 49.6 Å². The molecule has 2 heterocycles. The standard InChI is InChI=1S/C26H23N2.C11H6F2N.Ir/c1-17-16-28-25(13-22(17)14-26(2,3)4)21-9-7-19-6-8-20-11-18(15-27)5-10-23(20)24(19)12-21;12-8-4-5-9(10(13)7-8)11-3-1-2-6-14-11;/h5-8,10-13,16H,14H2,1-4H3;1-4,6-7H;/q2*-1;/i1D3,14D2;;. The Bertz CT molecular complexity index is 2140. The molecule has 0 unspecified atom stereocenters. The predicted octanol–water partition coefficient (Wildman–Crippen LogP) is 9.45. The smallest absolute Gasteiger partial charge is 0.0991 e. The Hall–Kier alpha value is -4.30. The summed E-state index contributed by atoms with van der Waals surface area (Å²) < 4.78 is 67.0. The molecule has 2 aromatic heterocycles. The largest absolute Gasteiger partial charge is 0.305 e. The Morgan fingerprint density at radius 3 is 2.42 bits per heavy atom. The van der Waals surface area contributed by atoms with Crippen LogP contribution >= 0.6 is 0 Å².